The smallest absolute Gasteiger partial charge is 0.0304 e. The Hall–Kier alpha value is -0.340. The van der Waals surface area contributed by atoms with E-state index in [0.717, 1.165) is 19.6 Å². The Kier molecular flexibility index (Phi) is 4.35. The van der Waals surface area contributed by atoms with E-state index in [0.29, 0.717) is 11.6 Å². The summed E-state index contributed by atoms with van der Waals surface area (Å²) in [5, 5.41) is 3.71. The lowest BCUT2D eigenvalue weighted by atomic mass is 9.88. The molecule has 1 heterocycles. The van der Waals surface area contributed by atoms with Gasteiger partial charge in [-0.25, -0.2) is 0 Å². The molecule has 1 fully saturated rings. The summed E-state index contributed by atoms with van der Waals surface area (Å²) in [6.45, 7) is 16.3. The normalized spacial score (nSPS) is 26.5. The van der Waals surface area contributed by atoms with Gasteiger partial charge in [0.15, 0.2) is 0 Å². The highest BCUT2D eigenvalue weighted by atomic mass is 15.2. The summed E-state index contributed by atoms with van der Waals surface area (Å²) in [7, 11) is 0. The van der Waals surface area contributed by atoms with Crippen LogP contribution in [0.1, 0.15) is 40.5 Å². The van der Waals surface area contributed by atoms with Crippen LogP contribution >= 0.6 is 0 Å². The molecule has 88 valence electrons. The van der Waals surface area contributed by atoms with Crippen LogP contribution in [-0.2, 0) is 0 Å². The first kappa shape index (κ1) is 12.7. The Labute approximate surface area is 94.7 Å². The largest absolute Gasteiger partial charge is 0.308 e. The van der Waals surface area contributed by atoms with Crippen LogP contribution in [0.25, 0.3) is 0 Å². The maximum atomic E-state index is 4.02. The third-order valence-corrected chi connectivity index (χ3v) is 3.73. The maximum absolute atomic E-state index is 4.02. The van der Waals surface area contributed by atoms with Gasteiger partial charge < -0.3 is 5.32 Å². The van der Waals surface area contributed by atoms with E-state index in [1.54, 1.807) is 0 Å². The minimum atomic E-state index is 0.335. The van der Waals surface area contributed by atoms with E-state index in [4.69, 9.17) is 0 Å². The van der Waals surface area contributed by atoms with Gasteiger partial charge in [0.05, 0.1) is 0 Å². The molecule has 2 nitrogen and oxygen atoms in total. The van der Waals surface area contributed by atoms with Crippen molar-refractivity contribution in [2.45, 2.75) is 52.1 Å². The molecule has 1 aliphatic heterocycles. The minimum absolute atomic E-state index is 0.335. The monoisotopic (exact) mass is 210 g/mol. The van der Waals surface area contributed by atoms with Crippen molar-refractivity contribution < 1.29 is 0 Å². The molecule has 1 unspecified atom stereocenters. The van der Waals surface area contributed by atoms with Gasteiger partial charge in [0, 0.05) is 31.2 Å². The Morgan fingerprint density at radius 1 is 1.47 bits per heavy atom. The average Bonchev–Trinajstić information content (AvgIpc) is 2.21. The fourth-order valence-electron chi connectivity index (χ4n) is 2.38. The van der Waals surface area contributed by atoms with Gasteiger partial charge in [-0.05, 0) is 26.7 Å². The van der Waals surface area contributed by atoms with Crippen LogP contribution < -0.4 is 5.32 Å². The van der Waals surface area contributed by atoms with E-state index in [1.807, 2.05) is 0 Å². The first-order valence-corrected chi connectivity index (χ1v) is 6.16. The van der Waals surface area contributed by atoms with Crippen LogP contribution in [0.3, 0.4) is 0 Å². The quantitative estimate of drug-likeness (QED) is 0.717. The van der Waals surface area contributed by atoms with E-state index >= 15 is 0 Å². The molecule has 0 aromatic carbocycles. The van der Waals surface area contributed by atoms with Crippen LogP contribution in [0.4, 0.5) is 0 Å². The third-order valence-electron chi connectivity index (χ3n) is 3.73. The minimum Gasteiger partial charge on any atom is -0.308 e. The van der Waals surface area contributed by atoms with E-state index in [1.165, 1.54) is 18.4 Å². The lowest BCUT2D eigenvalue weighted by Crippen LogP contribution is -2.63. The topological polar surface area (TPSA) is 15.3 Å². The number of nitrogens with one attached hydrogen (secondary N) is 1. The van der Waals surface area contributed by atoms with Crippen molar-refractivity contribution in [1.82, 2.24) is 10.2 Å². The summed E-state index contributed by atoms with van der Waals surface area (Å²) >= 11 is 0. The molecule has 1 atom stereocenters. The van der Waals surface area contributed by atoms with E-state index in [9.17, 15) is 0 Å². The van der Waals surface area contributed by atoms with Crippen molar-refractivity contribution in [3.63, 3.8) is 0 Å². The molecule has 0 spiro atoms. The molecule has 0 aromatic heterocycles. The molecule has 1 N–H and O–H groups in total. The summed E-state index contributed by atoms with van der Waals surface area (Å²) in [6, 6.07) is 0.632. The molecule has 1 saturated heterocycles. The molecule has 0 saturated carbocycles. The second-order valence-electron chi connectivity index (χ2n) is 5.08. The lowest BCUT2D eigenvalue weighted by molar-refractivity contribution is 0.0893. The first-order valence-electron chi connectivity index (χ1n) is 6.16. The highest BCUT2D eigenvalue weighted by Gasteiger charge is 2.34. The molecule has 0 amide bonds. The number of hydrogen-bond acceptors (Lipinski definition) is 2. The summed E-state index contributed by atoms with van der Waals surface area (Å²) in [5.41, 5.74) is 1.60. The molecule has 0 bridgehead atoms. The highest BCUT2D eigenvalue weighted by molar-refractivity contribution is 5.00. The van der Waals surface area contributed by atoms with Crippen molar-refractivity contribution >= 4 is 0 Å². The van der Waals surface area contributed by atoms with Gasteiger partial charge in [0.25, 0.3) is 0 Å². The van der Waals surface area contributed by atoms with Crippen LogP contribution in [0.2, 0.25) is 0 Å². The van der Waals surface area contributed by atoms with Gasteiger partial charge in [0.2, 0.25) is 0 Å². The van der Waals surface area contributed by atoms with Crippen LogP contribution in [0.5, 0.6) is 0 Å². The highest BCUT2D eigenvalue weighted by Crippen LogP contribution is 2.22. The predicted molar refractivity (Wildman–Crippen MR) is 67.2 cm³/mol. The van der Waals surface area contributed by atoms with E-state index in [2.05, 4.69) is 44.5 Å². The third kappa shape index (κ3) is 3.05. The van der Waals surface area contributed by atoms with Gasteiger partial charge in [0.1, 0.15) is 0 Å². The standard InChI is InChI=1S/C13H26N2/c1-6-13(7-2)10-15(9-11(3)4)12(5)8-14-13/h12,14H,3,6-10H2,1-2,4-5H3. The van der Waals surface area contributed by atoms with Crippen molar-refractivity contribution in [1.29, 1.82) is 0 Å². The number of nitrogens with zero attached hydrogens (tertiary/aromatic N) is 1. The van der Waals surface area contributed by atoms with Crippen LogP contribution in [0.15, 0.2) is 12.2 Å². The Morgan fingerprint density at radius 3 is 2.53 bits per heavy atom. The van der Waals surface area contributed by atoms with E-state index < -0.39 is 0 Å². The SMILES string of the molecule is C=C(C)CN1CC(CC)(CC)NCC1C. The van der Waals surface area contributed by atoms with Gasteiger partial charge >= 0.3 is 0 Å². The van der Waals surface area contributed by atoms with Gasteiger partial charge in [-0.3, -0.25) is 4.90 Å². The average molecular weight is 210 g/mol. The molecule has 2 heteroatoms. The molecule has 0 aliphatic carbocycles. The lowest BCUT2D eigenvalue weighted by Gasteiger charge is -2.46. The first-order chi connectivity index (χ1) is 7.03. The molecule has 1 rings (SSSR count). The molecule has 0 aromatic rings. The number of piperazine rings is 1. The van der Waals surface area contributed by atoms with Gasteiger partial charge in [-0.1, -0.05) is 26.0 Å². The zero-order valence-electron chi connectivity index (χ0n) is 10.8. The summed E-state index contributed by atoms with van der Waals surface area (Å²) in [6.07, 6.45) is 2.42. The Balaban J connectivity index is 2.66. The fourth-order valence-corrected chi connectivity index (χ4v) is 2.38. The van der Waals surface area contributed by atoms with Crippen molar-refractivity contribution in [2.75, 3.05) is 19.6 Å². The van der Waals surface area contributed by atoms with Gasteiger partial charge in [-0.2, -0.15) is 0 Å². The van der Waals surface area contributed by atoms with Crippen molar-refractivity contribution in [2.24, 2.45) is 0 Å². The maximum Gasteiger partial charge on any atom is 0.0304 e. The van der Waals surface area contributed by atoms with Crippen molar-refractivity contribution in [3.05, 3.63) is 12.2 Å². The summed E-state index contributed by atoms with van der Waals surface area (Å²) < 4.78 is 0. The Bertz CT molecular complexity index is 219. The zero-order valence-corrected chi connectivity index (χ0v) is 10.8. The number of hydrogen-bond donors (Lipinski definition) is 1. The van der Waals surface area contributed by atoms with Crippen LogP contribution in [0, 0.1) is 0 Å². The zero-order chi connectivity index (χ0) is 11.5. The van der Waals surface area contributed by atoms with E-state index in [-0.39, 0.29) is 0 Å². The Morgan fingerprint density at radius 2 is 2.07 bits per heavy atom. The summed E-state index contributed by atoms with van der Waals surface area (Å²) in [4.78, 5) is 2.56. The van der Waals surface area contributed by atoms with Gasteiger partial charge in [-0.15, -0.1) is 0 Å². The second kappa shape index (κ2) is 5.13. The molecule has 15 heavy (non-hydrogen) atoms. The molecular weight excluding hydrogens is 184 g/mol. The van der Waals surface area contributed by atoms with Crippen molar-refractivity contribution in [3.8, 4) is 0 Å². The number of rotatable bonds is 4. The summed E-state index contributed by atoms with van der Waals surface area (Å²) in [5.74, 6) is 0. The second-order valence-corrected chi connectivity index (χ2v) is 5.08. The van der Waals surface area contributed by atoms with Crippen LogP contribution in [-0.4, -0.2) is 36.1 Å². The molecular formula is C13H26N2. The molecule has 0 radical (unpaired) electrons. The molecule has 1 aliphatic rings. The predicted octanol–water partition coefficient (Wildman–Crippen LogP) is 2.42. The fraction of sp³-hybridized carbons (Fsp3) is 0.846.